The molecule has 5 nitrogen and oxygen atoms in total. The third-order valence-corrected chi connectivity index (χ3v) is 5.85. The van der Waals surface area contributed by atoms with Crippen molar-refractivity contribution in [3.8, 4) is 5.88 Å². The molecule has 1 aliphatic rings. The lowest BCUT2D eigenvalue weighted by molar-refractivity contribution is 0.317. The van der Waals surface area contributed by atoms with Gasteiger partial charge < -0.3 is 15.0 Å². The van der Waals surface area contributed by atoms with Crippen LogP contribution < -0.4 is 5.32 Å². The maximum Gasteiger partial charge on any atom is 0.220 e. The predicted molar refractivity (Wildman–Crippen MR) is 122 cm³/mol. The SMILES string of the molecule is Oc1c(N=NC(=S)Nc2ccccc2)c2ccccc2n1CCC1CCCCC1. The Hall–Kier alpha value is -2.73. The van der Waals surface area contributed by atoms with Gasteiger partial charge >= 0.3 is 0 Å². The van der Waals surface area contributed by atoms with E-state index < -0.39 is 0 Å². The molecule has 1 heterocycles. The van der Waals surface area contributed by atoms with Gasteiger partial charge in [-0.25, -0.2) is 0 Å². The molecule has 1 fully saturated rings. The molecule has 4 rings (SSSR count). The average molecular weight is 407 g/mol. The number of aromatic nitrogens is 1. The van der Waals surface area contributed by atoms with Crippen LogP contribution in [0.3, 0.4) is 0 Å². The molecule has 0 spiro atoms. The molecule has 150 valence electrons. The van der Waals surface area contributed by atoms with Crippen LogP contribution in [0.15, 0.2) is 64.8 Å². The first kappa shape index (κ1) is 19.6. The maximum absolute atomic E-state index is 10.9. The molecule has 1 saturated carbocycles. The van der Waals surface area contributed by atoms with Crippen molar-refractivity contribution >= 4 is 39.6 Å². The first-order valence-corrected chi connectivity index (χ1v) is 10.7. The number of rotatable bonds is 5. The minimum Gasteiger partial charge on any atom is -0.493 e. The van der Waals surface area contributed by atoms with E-state index in [1.807, 2.05) is 59.2 Å². The van der Waals surface area contributed by atoms with E-state index in [2.05, 4.69) is 15.5 Å². The van der Waals surface area contributed by atoms with Crippen LogP contribution in [-0.4, -0.2) is 14.8 Å². The number of aromatic hydroxyl groups is 1. The van der Waals surface area contributed by atoms with E-state index >= 15 is 0 Å². The predicted octanol–water partition coefficient (Wildman–Crippen LogP) is 6.80. The number of fused-ring (bicyclic) bond motifs is 1. The molecule has 0 bridgehead atoms. The van der Waals surface area contributed by atoms with Crippen molar-refractivity contribution in [2.24, 2.45) is 16.1 Å². The molecule has 0 atom stereocenters. The van der Waals surface area contributed by atoms with Crippen LogP contribution in [0.2, 0.25) is 0 Å². The van der Waals surface area contributed by atoms with E-state index in [1.54, 1.807) is 0 Å². The number of azo groups is 1. The quantitative estimate of drug-likeness (QED) is 0.362. The molecule has 6 heteroatoms. The van der Waals surface area contributed by atoms with E-state index in [-0.39, 0.29) is 11.0 Å². The Labute approximate surface area is 176 Å². The van der Waals surface area contributed by atoms with Crippen LogP contribution in [0.5, 0.6) is 5.88 Å². The van der Waals surface area contributed by atoms with Gasteiger partial charge in [0, 0.05) is 17.6 Å². The first-order chi connectivity index (χ1) is 14.2. The molecule has 29 heavy (non-hydrogen) atoms. The maximum atomic E-state index is 10.9. The number of anilines is 1. The second-order valence-electron chi connectivity index (χ2n) is 7.63. The first-order valence-electron chi connectivity index (χ1n) is 10.3. The summed E-state index contributed by atoms with van der Waals surface area (Å²) in [7, 11) is 0. The van der Waals surface area contributed by atoms with Crippen molar-refractivity contribution in [3.05, 3.63) is 54.6 Å². The van der Waals surface area contributed by atoms with Crippen LogP contribution in [-0.2, 0) is 6.54 Å². The number of aryl methyl sites for hydroxylation is 1. The lowest BCUT2D eigenvalue weighted by Gasteiger charge is -2.21. The lowest BCUT2D eigenvalue weighted by Crippen LogP contribution is -2.09. The summed E-state index contributed by atoms with van der Waals surface area (Å²) in [6.07, 6.45) is 7.69. The molecular formula is C23H26N4OS. The molecule has 2 aromatic carbocycles. The standard InChI is InChI=1S/C23H26N4OS/c28-22-21(25-26-23(29)24-18-11-5-2-6-12-18)19-13-7-8-14-20(19)27(22)16-15-17-9-3-1-4-10-17/h2,5-8,11-14,17,28H,1,3-4,9-10,15-16H2,(H,24,29). The second-order valence-corrected chi connectivity index (χ2v) is 8.02. The van der Waals surface area contributed by atoms with Crippen molar-refractivity contribution < 1.29 is 5.11 Å². The Balaban J connectivity index is 1.54. The van der Waals surface area contributed by atoms with Crippen LogP contribution >= 0.6 is 12.2 Å². The Morgan fingerprint density at radius 1 is 1.03 bits per heavy atom. The van der Waals surface area contributed by atoms with E-state index in [4.69, 9.17) is 12.2 Å². The fourth-order valence-electron chi connectivity index (χ4n) is 4.15. The van der Waals surface area contributed by atoms with Crippen LogP contribution in [0, 0.1) is 5.92 Å². The summed E-state index contributed by atoms with van der Waals surface area (Å²) in [5, 5.41) is 23.5. The average Bonchev–Trinajstić information content (AvgIpc) is 3.03. The van der Waals surface area contributed by atoms with Gasteiger partial charge in [-0.1, -0.05) is 68.5 Å². The molecular weight excluding hydrogens is 380 g/mol. The van der Waals surface area contributed by atoms with Crippen LogP contribution in [0.25, 0.3) is 10.9 Å². The summed E-state index contributed by atoms with van der Waals surface area (Å²) >= 11 is 5.28. The van der Waals surface area contributed by atoms with Crippen molar-refractivity contribution in [1.82, 2.24) is 4.57 Å². The van der Waals surface area contributed by atoms with Crippen molar-refractivity contribution in [2.45, 2.75) is 45.1 Å². The van der Waals surface area contributed by atoms with E-state index in [0.29, 0.717) is 5.69 Å². The molecule has 0 radical (unpaired) electrons. The van der Waals surface area contributed by atoms with Gasteiger partial charge in [0.2, 0.25) is 11.0 Å². The summed E-state index contributed by atoms with van der Waals surface area (Å²) in [5.74, 6) is 0.908. The molecule has 1 aliphatic carbocycles. The number of nitrogens with zero attached hydrogens (tertiary/aromatic N) is 3. The third-order valence-electron chi connectivity index (χ3n) is 5.67. The monoisotopic (exact) mass is 406 g/mol. The van der Waals surface area contributed by atoms with E-state index in [1.165, 1.54) is 32.1 Å². The molecule has 0 saturated heterocycles. The Kier molecular flexibility index (Phi) is 6.20. The summed E-state index contributed by atoms with van der Waals surface area (Å²) in [6, 6.07) is 17.5. The molecule has 3 aromatic rings. The lowest BCUT2D eigenvalue weighted by atomic mass is 9.87. The normalized spacial score (nSPS) is 15.2. The zero-order valence-electron chi connectivity index (χ0n) is 16.4. The molecule has 0 aliphatic heterocycles. The summed E-state index contributed by atoms with van der Waals surface area (Å²) in [6.45, 7) is 0.791. The van der Waals surface area contributed by atoms with E-state index in [9.17, 15) is 5.11 Å². The van der Waals surface area contributed by atoms with Crippen molar-refractivity contribution in [2.75, 3.05) is 5.32 Å². The Morgan fingerprint density at radius 2 is 1.76 bits per heavy atom. The molecule has 0 amide bonds. The zero-order chi connectivity index (χ0) is 20.1. The van der Waals surface area contributed by atoms with Gasteiger partial charge in [-0.2, -0.15) is 0 Å². The fraction of sp³-hybridized carbons (Fsp3) is 0.348. The number of nitrogens with one attached hydrogen (secondary N) is 1. The highest BCUT2D eigenvalue weighted by atomic mass is 32.1. The smallest absolute Gasteiger partial charge is 0.220 e. The van der Waals surface area contributed by atoms with Crippen LogP contribution in [0.4, 0.5) is 11.4 Å². The van der Waals surface area contributed by atoms with Gasteiger partial charge in [0.1, 0.15) is 0 Å². The summed E-state index contributed by atoms with van der Waals surface area (Å²) in [4.78, 5) is 0. The van der Waals surface area contributed by atoms with Crippen molar-refractivity contribution in [1.29, 1.82) is 0 Å². The Morgan fingerprint density at radius 3 is 2.55 bits per heavy atom. The third kappa shape index (κ3) is 4.65. The zero-order valence-corrected chi connectivity index (χ0v) is 17.2. The van der Waals surface area contributed by atoms with Crippen molar-refractivity contribution in [3.63, 3.8) is 0 Å². The Bertz CT molecular complexity index is 1010. The highest BCUT2D eigenvalue weighted by Crippen LogP contribution is 2.39. The van der Waals surface area contributed by atoms with E-state index in [0.717, 1.165) is 35.5 Å². The van der Waals surface area contributed by atoms with Gasteiger partial charge in [0.15, 0.2) is 5.69 Å². The summed E-state index contributed by atoms with van der Waals surface area (Å²) < 4.78 is 1.96. The number of thiocarbonyl (C=S) groups is 1. The van der Waals surface area contributed by atoms with Gasteiger partial charge in [-0.3, -0.25) is 0 Å². The van der Waals surface area contributed by atoms with Gasteiger partial charge in [-0.05, 0) is 42.8 Å². The van der Waals surface area contributed by atoms with Gasteiger partial charge in [0.25, 0.3) is 0 Å². The largest absolute Gasteiger partial charge is 0.493 e. The summed E-state index contributed by atoms with van der Waals surface area (Å²) in [5.41, 5.74) is 2.31. The number of hydrogen-bond donors (Lipinski definition) is 2. The fourth-order valence-corrected chi connectivity index (χ4v) is 4.31. The highest BCUT2D eigenvalue weighted by molar-refractivity contribution is 7.80. The minimum absolute atomic E-state index is 0.160. The highest BCUT2D eigenvalue weighted by Gasteiger charge is 2.19. The second kappa shape index (κ2) is 9.18. The number of para-hydroxylation sites is 2. The minimum atomic E-state index is 0.160. The number of benzene rings is 2. The van der Waals surface area contributed by atoms with Crippen LogP contribution in [0.1, 0.15) is 38.5 Å². The van der Waals surface area contributed by atoms with Gasteiger partial charge in [-0.15, -0.1) is 10.2 Å². The van der Waals surface area contributed by atoms with Gasteiger partial charge in [0.05, 0.1) is 5.52 Å². The topological polar surface area (TPSA) is 61.9 Å². The molecule has 1 aromatic heterocycles. The number of hydrogen-bond acceptors (Lipinski definition) is 3. The molecule has 2 N–H and O–H groups in total. The molecule has 0 unspecified atom stereocenters.